The zero-order valence-corrected chi connectivity index (χ0v) is 13.1. The molecule has 1 saturated carbocycles. The first-order valence-electron chi connectivity index (χ1n) is 8.82. The Labute approximate surface area is 120 Å². The topological polar surface area (TPSA) is 15.3 Å². The van der Waals surface area contributed by atoms with Gasteiger partial charge in [0.25, 0.3) is 0 Å². The van der Waals surface area contributed by atoms with Crippen LogP contribution >= 0.6 is 0 Å². The van der Waals surface area contributed by atoms with Crippen LogP contribution in [0.4, 0.5) is 0 Å². The second kappa shape index (κ2) is 8.26. The molecule has 2 aliphatic rings. The highest BCUT2D eigenvalue weighted by Gasteiger charge is 2.31. The lowest BCUT2D eigenvalue weighted by atomic mass is 9.88. The second-order valence-corrected chi connectivity index (χ2v) is 6.95. The third kappa shape index (κ3) is 5.07. The Morgan fingerprint density at radius 2 is 1.21 bits per heavy atom. The summed E-state index contributed by atoms with van der Waals surface area (Å²) in [6.07, 6.45) is 18.5. The van der Waals surface area contributed by atoms with Gasteiger partial charge in [0.05, 0.1) is 0 Å². The van der Waals surface area contributed by atoms with Crippen molar-refractivity contribution < 1.29 is 0 Å². The van der Waals surface area contributed by atoms with Crippen LogP contribution in [0.25, 0.3) is 0 Å². The molecule has 2 rings (SSSR count). The van der Waals surface area contributed by atoms with E-state index in [1.54, 1.807) is 0 Å². The maximum atomic E-state index is 3.77. The van der Waals surface area contributed by atoms with Gasteiger partial charge in [0.2, 0.25) is 0 Å². The molecule has 0 radical (unpaired) electrons. The lowest BCUT2D eigenvalue weighted by Gasteiger charge is -2.42. The van der Waals surface area contributed by atoms with Crippen molar-refractivity contribution in [2.24, 2.45) is 0 Å². The molecule has 0 bridgehead atoms. The number of hydrogen-bond donors (Lipinski definition) is 1. The van der Waals surface area contributed by atoms with Gasteiger partial charge in [-0.1, -0.05) is 57.8 Å². The van der Waals surface area contributed by atoms with Crippen molar-refractivity contribution >= 4 is 0 Å². The number of nitrogens with zero attached hydrogens (tertiary/aromatic N) is 1. The summed E-state index contributed by atoms with van der Waals surface area (Å²) in [5, 5.41) is 2.64. The predicted molar refractivity (Wildman–Crippen MR) is 83.1 cm³/mol. The van der Waals surface area contributed by atoms with Gasteiger partial charge in [-0.2, -0.15) is 0 Å². The number of rotatable bonds is 1. The van der Waals surface area contributed by atoms with Gasteiger partial charge < -0.3 is 0 Å². The molecule has 1 aliphatic carbocycles. The molecule has 0 amide bonds. The largest absolute Gasteiger partial charge is 0.255 e. The highest BCUT2D eigenvalue weighted by Crippen LogP contribution is 2.30. The van der Waals surface area contributed by atoms with Crippen molar-refractivity contribution in [3.05, 3.63) is 0 Å². The standard InChI is InChI=1S/C17H34N2/c1-17(13-9-5-2-3-6-10-14-17)19-16-12-8-4-7-11-15-18-19/h18H,2-16H2,1H3. The highest BCUT2D eigenvalue weighted by atomic mass is 15.5. The van der Waals surface area contributed by atoms with Gasteiger partial charge in [-0.25, -0.2) is 5.01 Å². The fourth-order valence-electron chi connectivity index (χ4n) is 3.79. The summed E-state index contributed by atoms with van der Waals surface area (Å²) in [5.41, 5.74) is 4.19. The van der Waals surface area contributed by atoms with Crippen LogP contribution in [-0.2, 0) is 0 Å². The highest BCUT2D eigenvalue weighted by molar-refractivity contribution is 4.85. The Morgan fingerprint density at radius 1 is 0.684 bits per heavy atom. The van der Waals surface area contributed by atoms with E-state index >= 15 is 0 Å². The Kier molecular flexibility index (Phi) is 6.66. The Morgan fingerprint density at radius 3 is 1.89 bits per heavy atom. The van der Waals surface area contributed by atoms with Gasteiger partial charge in [0.1, 0.15) is 0 Å². The number of hydrazine groups is 1. The van der Waals surface area contributed by atoms with Crippen LogP contribution in [0.15, 0.2) is 0 Å². The summed E-state index contributed by atoms with van der Waals surface area (Å²) < 4.78 is 0. The first-order chi connectivity index (χ1) is 9.31. The van der Waals surface area contributed by atoms with Crippen molar-refractivity contribution in [1.82, 2.24) is 10.4 Å². The fourth-order valence-corrected chi connectivity index (χ4v) is 3.79. The lowest BCUT2D eigenvalue weighted by Crippen LogP contribution is -2.54. The van der Waals surface area contributed by atoms with E-state index < -0.39 is 0 Å². The maximum absolute atomic E-state index is 3.77. The molecule has 19 heavy (non-hydrogen) atoms. The van der Waals surface area contributed by atoms with Crippen LogP contribution in [0.2, 0.25) is 0 Å². The number of hydrogen-bond acceptors (Lipinski definition) is 2. The first-order valence-corrected chi connectivity index (χ1v) is 8.82. The molecule has 1 heterocycles. The lowest BCUT2D eigenvalue weighted by molar-refractivity contribution is 0.0291. The van der Waals surface area contributed by atoms with E-state index in [-0.39, 0.29) is 0 Å². The molecule has 0 spiro atoms. The monoisotopic (exact) mass is 266 g/mol. The van der Waals surface area contributed by atoms with Crippen molar-refractivity contribution in [2.75, 3.05) is 13.1 Å². The fraction of sp³-hybridized carbons (Fsp3) is 1.00. The van der Waals surface area contributed by atoms with Gasteiger partial charge in [0.15, 0.2) is 0 Å². The summed E-state index contributed by atoms with van der Waals surface area (Å²) in [5.74, 6) is 0. The summed E-state index contributed by atoms with van der Waals surface area (Å²) in [6, 6.07) is 0. The molecule has 2 fully saturated rings. The van der Waals surface area contributed by atoms with E-state index in [0.29, 0.717) is 5.54 Å². The molecule has 0 aromatic heterocycles. The van der Waals surface area contributed by atoms with E-state index in [2.05, 4.69) is 17.4 Å². The summed E-state index contributed by atoms with van der Waals surface area (Å²) in [4.78, 5) is 0. The third-order valence-electron chi connectivity index (χ3n) is 5.19. The zero-order chi connectivity index (χ0) is 13.4. The Hall–Kier alpha value is -0.0800. The third-order valence-corrected chi connectivity index (χ3v) is 5.19. The quantitative estimate of drug-likeness (QED) is 0.743. The van der Waals surface area contributed by atoms with Gasteiger partial charge in [-0.05, 0) is 32.6 Å². The average molecular weight is 266 g/mol. The van der Waals surface area contributed by atoms with Crippen molar-refractivity contribution in [2.45, 2.75) is 95.9 Å². The molecule has 2 heteroatoms. The molecule has 1 aliphatic heterocycles. The normalized spacial score (nSPS) is 28.3. The van der Waals surface area contributed by atoms with Crippen LogP contribution < -0.4 is 5.43 Å². The molecule has 0 aromatic rings. The van der Waals surface area contributed by atoms with Crippen LogP contribution in [0.1, 0.15) is 90.4 Å². The van der Waals surface area contributed by atoms with E-state index in [0.717, 1.165) is 0 Å². The number of nitrogens with one attached hydrogen (secondary N) is 1. The van der Waals surface area contributed by atoms with E-state index in [1.807, 2.05) is 0 Å². The Bertz CT molecular complexity index is 219. The smallest absolute Gasteiger partial charge is 0.0326 e. The molecular weight excluding hydrogens is 232 g/mol. The molecule has 1 saturated heterocycles. The first kappa shape index (κ1) is 15.3. The molecular formula is C17H34N2. The van der Waals surface area contributed by atoms with E-state index in [4.69, 9.17) is 0 Å². The van der Waals surface area contributed by atoms with Crippen LogP contribution in [0.3, 0.4) is 0 Å². The average Bonchev–Trinajstić information content (AvgIpc) is 2.61. The molecule has 0 atom stereocenters. The van der Waals surface area contributed by atoms with Gasteiger partial charge >= 0.3 is 0 Å². The minimum Gasteiger partial charge on any atom is -0.255 e. The molecule has 0 unspecified atom stereocenters. The summed E-state index contributed by atoms with van der Waals surface area (Å²) in [7, 11) is 0. The van der Waals surface area contributed by atoms with Crippen molar-refractivity contribution in [3.8, 4) is 0 Å². The maximum Gasteiger partial charge on any atom is 0.0326 e. The van der Waals surface area contributed by atoms with E-state index in [9.17, 15) is 0 Å². The van der Waals surface area contributed by atoms with E-state index in [1.165, 1.54) is 96.6 Å². The summed E-state index contributed by atoms with van der Waals surface area (Å²) >= 11 is 0. The molecule has 112 valence electrons. The van der Waals surface area contributed by atoms with Crippen LogP contribution in [0.5, 0.6) is 0 Å². The predicted octanol–water partition coefficient (Wildman–Crippen LogP) is 4.65. The second-order valence-electron chi connectivity index (χ2n) is 6.95. The van der Waals surface area contributed by atoms with Crippen LogP contribution in [0, 0.1) is 0 Å². The molecule has 0 aromatic carbocycles. The van der Waals surface area contributed by atoms with Gasteiger partial charge in [-0.3, -0.25) is 5.43 Å². The molecule has 2 nitrogen and oxygen atoms in total. The molecule has 1 N–H and O–H groups in total. The summed E-state index contributed by atoms with van der Waals surface area (Å²) in [6.45, 7) is 4.97. The minimum absolute atomic E-state index is 0.411. The van der Waals surface area contributed by atoms with Crippen molar-refractivity contribution in [3.63, 3.8) is 0 Å². The minimum atomic E-state index is 0.411. The Balaban J connectivity index is 1.95. The van der Waals surface area contributed by atoms with Crippen molar-refractivity contribution in [1.29, 1.82) is 0 Å². The SMILES string of the molecule is CC1(N2CCCCCCCN2)CCCCCCCC1. The van der Waals surface area contributed by atoms with Gasteiger partial charge in [0, 0.05) is 18.6 Å². The van der Waals surface area contributed by atoms with Crippen LogP contribution in [-0.4, -0.2) is 23.6 Å². The van der Waals surface area contributed by atoms with Gasteiger partial charge in [-0.15, -0.1) is 0 Å². The zero-order valence-electron chi connectivity index (χ0n) is 13.1.